The normalized spacial score (nSPS) is 12.0. The molecular weight excluding hydrogens is 482 g/mol. The number of nitrogens with one attached hydrogen (secondary N) is 1. The molecule has 0 radical (unpaired) electrons. The van der Waals surface area contributed by atoms with Crippen LogP contribution in [0.1, 0.15) is 64.1 Å². The average Bonchev–Trinajstić information content (AvgIpc) is 3.27. The maximum Gasteiger partial charge on any atom is 0.271 e. The van der Waals surface area contributed by atoms with Crippen molar-refractivity contribution >= 4 is 29.0 Å². The number of hydrogen-bond donors (Lipinski definition) is 1. The van der Waals surface area contributed by atoms with E-state index >= 15 is 0 Å². The third-order valence-electron chi connectivity index (χ3n) is 5.43. The Morgan fingerprint density at radius 1 is 1.11 bits per heavy atom. The van der Waals surface area contributed by atoms with Gasteiger partial charge in [0.2, 0.25) is 5.91 Å². The Morgan fingerprint density at radius 3 is 2.39 bits per heavy atom. The zero-order valence-corrected chi connectivity index (χ0v) is 22.0. The van der Waals surface area contributed by atoms with Crippen molar-refractivity contribution in [3.63, 3.8) is 0 Å². The molecule has 1 N–H and O–H groups in total. The van der Waals surface area contributed by atoms with Crippen LogP contribution in [0, 0.1) is 10.1 Å². The Hall–Kier alpha value is -3.60. The summed E-state index contributed by atoms with van der Waals surface area (Å²) >= 11 is 1.22. The summed E-state index contributed by atoms with van der Waals surface area (Å²) in [5, 5.41) is 23.0. The van der Waals surface area contributed by atoms with Gasteiger partial charge in [0, 0.05) is 18.2 Å². The molecule has 1 aromatic heterocycles. The number of carbonyl (C=O) groups is 1. The van der Waals surface area contributed by atoms with E-state index in [0.717, 1.165) is 5.75 Å². The number of anilines is 1. The largest absolute Gasteiger partial charge is 0.495 e. The lowest BCUT2D eigenvalue weighted by atomic mass is 10.0. The minimum absolute atomic E-state index is 0.0304. The molecule has 1 unspecified atom stereocenters. The predicted octanol–water partition coefficient (Wildman–Crippen LogP) is 5.77. The lowest BCUT2D eigenvalue weighted by Crippen LogP contribution is -2.17. The molecule has 0 saturated carbocycles. The number of non-ortho nitro benzene ring substituents is 1. The number of rotatable bonds is 11. The van der Waals surface area contributed by atoms with Gasteiger partial charge >= 0.3 is 0 Å². The zero-order valence-electron chi connectivity index (χ0n) is 21.2. The predicted molar refractivity (Wildman–Crippen MR) is 139 cm³/mol. The molecule has 1 amide bonds. The molecule has 0 aliphatic carbocycles. The smallest absolute Gasteiger partial charge is 0.271 e. The molecule has 192 valence electrons. The van der Waals surface area contributed by atoms with Gasteiger partial charge in [-0.15, -0.1) is 10.2 Å². The van der Waals surface area contributed by atoms with Crippen LogP contribution in [0.15, 0.2) is 47.6 Å². The van der Waals surface area contributed by atoms with Crippen molar-refractivity contribution in [2.45, 2.75) is 57.8 Å². The lowest BCUT2D eigenvalue weighted by Gasteiger charge is -2.19. The summed E-state index contributed by atoms with van der Waals surface area (Å²) in [7, 11) is 1.43. The highest BCUT2D eigenvalue weighted by atomic mass is 32.2. The molecule has 0 fully saturated rings. The van der Waals surface area contributed by atoms with Crippen LogP contribution in [-0.2, 0) is 4.79 Å². The quantitative estimate of drug-likeness (QED) is 0.195. The van der Waals surface area contributed by atoms with E-state index in [4.69, 9.17) is 9.47 Å². The van der Waals surface area contributed by atoms with Gasteiger partial charge in [0.05, 0.1) is 23.5 Å². The van der Waals surface area contributed by atoms with E-state index in [0.29, 0.717) is 22.6 Å². The highest BCUT2D eigenvalue weighted by molar-refractivity contribution is 7.99. The van der Waals surface area contributed by atoms with Crippen molar-refractivity contribution in [2.75, 3.05) is 18.2 Å². The van der Waals surface area contributed by atoms with Gasteiger partial charge in [0.1, 0.15) is 11.5 Å². The van der Waals surface area contributed by atoms with E-state index in [1.165, 1.54) is 42.6 Å². The second-order valence-corrected chi connectivity index (χ2v) is 9.71. The maximum atomic E-state index is 12.6. The Labute approximate surface area is 214 Å². The molecule has 0 bridgehead atoms. The number of aromatic nitrogens is 3. The van der Waals surface area contributed by atoms with Crippen molar-refractivity contribution < 1.29 is 19.2 Å². The third kappa shape index (κ3) is 6.54. The monoisotopic (exact) mass is 513 g/mol. The van der Waals surface area contributed by atoms with E-state index in [1.807, 2.05) is 37.5 Å². The van der Waals surface area contributed by atoms with Crippen LogP contribution in [0.3, 0.4) is 0 Å². The van der Waals surface area contributed by atoms with Gasteiger partial charge in [-0.05, 0) is 50.5 Å². The number of nitrogens with zero attached hydrogens (tertiary/aromatic N) is 4. The Morgan fingerprint density at radius 2 is 1.81 bits per heavy atom. The number of nitro benzene ring substituents is 1. The Balaban J connectivity index is 1.70. The first-order chi connectivity index (χ1) is 17.1. The van der Waals surface area contributed by atoms with Gasteiger partial charge < -0.3 is 19.4 Å². The van der Waals surface area contributed by atoms with Crippen molar-refractivity contribution in [1.29, 1.82) is 0 Å². The molecule has 1 heterocycles. The SMILES string of the molecule is COc1ccc([N+](=O)[O-])cc1NC(=O)CSc1nnc(C(C)Oc2ccc(C(C)C)cc2)n1C(C)C. The fourth-order valence-corrected chi connectivity index (χ4v) is 4.44. The van der Waals surface area contributed by atoms with Gasteiger partial charge in [-0.3, -0.25) is 14.9 Å². The summed E-state index contributed by atoms with van der Waals surface area (Å²) in [6.07, 6.45) is -0.359. The summed E-state index contributed by atoms with van der Waals surface area (Å²) in [4.78, 5) is 23.2. The van der Waals surface area contributed by atoms with Crippen molar-refractivity contribution in [2.24, 2.45) is 0 Å². The van der Waals surface area contributed by atoms with E-state index in [9.17, 15) is 14.9 Å². The van der Waals surface area contributed by atoms with E-state index in [2.05, 4.69) is 41.5 Å². The van der Waals surface area contributed by atoms with Crippen LogP contribution < -0.4 is 14.8 Å². The molecule has 11 heteroatoms. The molecule has 0 aliphatic heterocycles. The summed E-state index contributed by atoms with van der Waals surface area (Å²) in [5.74, 6) is 1.84. The summed E-state index contributed by atoms with van der Waals surface area (Å²) < 4.78 is 13.3. The van der Waals surface area contributed by atoms with Gasteiger partial charge in [0.15, 0.2) is 17.1 Å². The highest BCUT2D eigenvalue weighted by Crippen LogP contribution is 2.31. The van der Waals surface area contributed by atoms with Gasteiger partial charge in [0.25, 0.3) is 5.69 Å². The van der Waals surface area contributed by atoms with Crippen LogP contribution in [0.5, 0.6) is 11.5 Å². The number of hydrogen-bond acceptors (Lipinski definition) is 8. The van der Waals surface area contributed by atoms with Gasteiger partial charge in [-0.2, -0.15) is 0 Å². The first-order valence-corrected chi connectivity index (χ1v) is 12.6. The molecule has 36 heavy (non-hydrogen) atoms. The first-order valence-electron chi connectivity index (χ1n) is 11.6. The molecule has 2 aromatic carbocycles. The number of ether oxygens (including phenoxy) is 2. The number of methoxy groups -OCH3 is 1. The molecule has 0 saturated heterocycles. The topological polar surface area (TPSA) is 121 Å². The molecular formula is C25H31N5O5S. The maximum absolute atomic E-state index is 12.6. The molecule has 1 atom stereocenters. The minimum atomic E-state index is -0.529. The number of benzene rings is 2. The summed E-state index contributed by atoms with van der Waals surface area (Å²) in [5.41, 5.74) is 1.32. The van der Waals surface area contributed by atoms with E-state index in [1.54, 1.807) is 0 Å². The summed E-state index contributed by atoms with van der Waals surface area (Å²) in [6, 6.07) is 12.1. The highest BCUT2D eigenvalue weighted by Gasteiger charge is 2.22. The second-order valence-electron chi connectivity index (χ2n) is 8.77. The van der Waals surface area contributed by atoms with Crippen LogP contribution in [0.25, 0.3) is 0 Å². The van der Waals surface area contributed by atoms with Crippen molar-refractivity contribution in [1.82, 2.24) is 14.8 Å². The van der Waals surface area contributed by atoms with Crippen molar-refractivity contribution in [3.8, 4) is 11.5 Å². The van der Waals surface area contributed by atoms with E-state index in [-0.39, 0.29) is 35.2 Å². The molecule has 10 nitrogen and oxygen atoms in total. The third-order valence-corrected chi connectivity index (χ3v) is 6.37. The summed E-state index contributed by atoms with van der Waals surface area (Å²) in [6.45, 7) is 10.2. The van der Waals surface area contributed by atoms with Gasteiger partial charge in [-0.25, -0.2) is 0 Å². The van der Waals surface area contributed by atoms with Gasteiger partial charge in [-0.1, -0.05) is 37.7 Å². The lowest BCUT2D eigenvalue weighted by molar-refractivity contribution is -0.384. The molecule has 0 spiro atoms. The number of thioether (sulfide) groups is 1. The average molecular weight is 514 g/mol. The van der Waals surface area contributed by atoms with E-state index < -0.39 is 4.92 Å². The Kier molecular flexibility index (Phi) is 8.92. The van der Waals surface area contributed by atoms with Crippen LogP contribution >= 0.6 is 11.8 Å². The number of nitro groups is 1. The van der Waals surface area contributed by atoms with Crippen LogP contribution in [0.4, 0.5) is 11.4 Å². The van der Waals surface area contributed by atoms with Crippen LogP contribution in [-0.4, -0.2) is 38.5 Å². The molecule has 3 aromatic rings. The number of carbonyl (C=O) groups excluding carboxylic acids is 1. The second kappa shape index (κ2) is 11.9. The number of amides is 1. The zero-order chi connectivity index (χ0) is 26.4. The molecule has 0 aliphatic rings. The minimum Gasteiger partial charge on any atom is -0.495 e. The fraction of sp³-hybridized carbons (Fsp3) is 0.400. The first kappa shape index (κ1) is 27.0. The van der Waals surface area contributed by atoms with Crippen molar-refractivity contribution in [3.05, 3.63) is 64.0 Å². The fourth-order valence-electron chi connectivity index (χ4n) is 3.56. The Bertz CT molecular complexity index is 1210. The standard InChI is InChI=1S/C25H31N5O5S/c1-15(2)18-7-10-20(11-8-18)35-17(5)24-27-28-25(29(24)16(3)4)36-14-23(31)26-21-13-19(30(32)33)9-12-22(21)34-6/h7-13,15-17H,14H2,1-6H3,(H,26,31). The molecule has 3 rings (SSSR count). The van der Waals surface area contributed by atoms with Crippen LogP contribution in [0.2, 0.25) is 0 Å².